The van der Waals surface area contributed by atoms with Gasteiger partial charge in [-0.3, -0.25) is 4.68 Å². The van der Waals surface area contributed by atoms with Crippen molar-refractivity contribution < 1.29 is 4.74 Å². The molecule has 1 heterocycles. The van der Waals surface area contributed by atoms with Crippen molar-refractivity contribution in [2.45, 2.75) is 63.3 Å². The summed E-state index contributed by atoms with van der Waals surface area (Å²) < 4.78 is 7.56. The minimum atomic E-state index is 0.216. The Morgan fingerprint density at radius 2 is 2.17 bits per heavy atom. The Morgan fingerprint density at radius 3 is 2.89 bits per heavy atom. The molecule has 1 aliphatic carbocycles. The van der Waals surface area contributed by atoms with Gasteiger partial charge in [-0.1, -0.05) is 26.2 Å². The number of alkyl halides is 1. The van der Waals surface area contributed by atoms with Crippen LogP contribution in [0.25, 0.3) is 0 Å². The van der Waals surface area contributed by atoms with E-state index in [4.69, 9.17) is 16.3 Å². The van der Waals surface area contributed by atoms with Crippen LogP contribution in [0.5, 0.6) is 5.75 Å². The Labute approximate surface area is 114 Å². The summed E-state index contributed by atoms with van der Waals surface area (Å²) >= 11 is 6.58. The molecule has 0 saturated heterocycles. The highest BCUT2D eigenvalue weighted by atomic mass is 35.5. The maximum absolute atomic E-state index is 6.58. The van der Waals surface area contributed by atoms with Gasteiger partial charge in [-0.05, 0) is 19.3 Å². The lowest BCUT2D eigenvalue weighted by atomic mass is 9.95. The lowest BCUT2D eigenvalue weighted by Crippen LogP contribution is -2.17. The Bertz CT molecular complexity index is 378. The third-order valence-corrected chi connectivity index (χ3v) is 4.31. The van der Waals surface area contributed by atoms with Gasteiger partial charge in [0.2, 0.25) is 0 Å². The zero-order chi connectivity index (χ0) is 13.0. The van der Waals surface area contributed by atoms with Gasteiger partial charge >= 0.3 is 0 Å². The fourth-order valence-electron chi connectivity index (χ4n) is 2.87. The molecule has 1 fully saturated rings. The molecule has 1 aliphatic rings. The topological polar surface area (TPSA) is 27.1 Å². The van der Waals surface area contributed by atoms with Crippen LogP contribution in [-0.2, 0) is 6.54 Å². The van der Waals surface area contributed by atoms with Gasteiger partial charge in [0.05, 0.1) is 19.0 Å². The Balaban J connectivity index is 2.30. The Kier molecular flexibility index (Phi) is 4.93. The summed E-state index contributed by atoms with van der Waals surface area (Å²) in [7, 11) is 1.72. The van der Waals surface area contributed by atoms with E-state index in [1.807, 2.05) is 6.20 Å². The van der Waals surface area contributed by atoms with E-state index in [0.29, 0.717) is 5.92 Å². The monoisotopic (exact) mass is 270 g/mol. The van der Waals surface area contributed by atoms with Crippen LogP contribution in [0.2, 0.25) is 0 Å². The fraction of sp³-hybridized carbons (Fsp3) is 0.786. The van der Waals surface area contributed by atoms with Crippen LogP contribution < -0.4 is 4.74 Å². The number of aryl methyl sites for hydroxylation is 1. The summed E-state index contributed by atoms with van der Waals surface area (Å²) in [5, 5.41) is 4.67. The third-order valence-electron chi connectivity index (χ3n) is 3.78. The predicted octanol–water partition coefficient (Wildman–Crippen LogP) is 3.96. The third kappa shape index (κ3) is 2.82. The van der Waals surface area contributed by atoms with Crippen molar-refractivity contribution in [1.29, 1.82) is 0 Å². The fourth-order valence-corrected chi connectivity index (χ4v) is 3.27. The number of aromatic nitrogens is 2. The molecule has 1 aromatic rings. The van der Waals surface area contributed by atoms with Crippen LogP contribution in [0.3, 0.4) is 0 Å². The maximum Gasteiger partial charge on any atom is 0.160 e. The second-order valence-corrected chi connectivity index (χ2v) is 5.64. The van der Waals surface area contributed by atoms with Crippen molar-refractivity contribution in [2.75, 3.05) is 7.11 Å². The molecule has 3 nitrogen and oxygen atoms in total. The van der Waals surface area contributed by atoms with Crippen LogP contribution in [0.15, 0.2) is 6.20 Å². The quantitative estimate of drug-likeness (QED) is 0.612. The van der Waals surface area contributed by atoms with Crippen LogP contribution >= 0.6 is 11.6 Å². The molecule has 0 bridgehead atoms. The molecule has 0 N–H and O–H groups in total. The Morgan fingerprint density at radius 1 is 1.39 bits per heavy atom. The molecule has 2 atom stereocenters. The lowest BCUT2D eigenvalue weighted by molar-refractivity contribution is 0.395. The average molecular weight is 271 g/mol. The number of halogens is 1. The number of nitrogens with zero attached hydrogens (tertiary/aromatic N) is 2. The highest BCUT2D eigenvalue weighted by Crippen LogP contribution is 2.39. The molecule has 4 heteroatoms. The van der Waals surface area contributed by atoms with Crippen molar-refractivity contribution in [3.05, 3.63) is 11.9 Å². The molecular weight excluding hydrogens is 248 g/mol. The summed E-state index contributed by atoms with van der Waals surface area (Å²) in [6.07, 6.45) is 8.97. The minimum Gasteiger partial charge on any atom is -0.493 e. The van der Waals surface area contributed by atoms with Gasteiger partial charge in [0.15, 0.2) is 5.75 Å². The smallest absolute Gasteiger partial charge is 0.160 e. The highest BCUT2D eigenvalue weighted by molar-refractivity contribution is 6.21. The highest BCUT2D eigenvalue weighted by Gasteiger charge is 2.29. The zero-order valence-corrected chi connectivity index (χ0v) is 12.1. The predicted molar refractivity (Wildman–Crippen MR) is 74.5 cm³/mol. The van der Waals surface area contributed by atoms with Gasteiger partial charge in [0.1, 0.15) is 0 Å². The van der Waals surface area contributed by atoms with Crippen LogP contribution in [0.1, 0.15) is 57.1 Å². The van der Waals surface area contributed by atoms with E-state index in [9.17, 15) is 0 Å². The summed E-state index contributed by atoms with van der Waals surface area (Å²) in [4.78, 5) is 0. The van der Waals surface area contributed by atoms with Gasteiger partial charge in [-0.25, -0.2) is 0 Å². The molecule has 0 spiro atoms. The molecule has 1 aromatic heterocycles. The van der Waals surface area contributed by atoms with E-state index in [2.05, 4.69) is 16.7 Å². The van der Waals surface area contributed by atoms with Crippen molar-refractivity contribution in [3.8, 4) is 5.75 Å². The first-order chi connectivity index (χ1) is 8.77. The summed E-state index contributed by atoms with van der Waals surface area (Å²) in [6.45, 7) is 3.11. The van der Waals surface area contributed by atoms with Crippen LogP contribution in [-0.4, -0.2) is 22.3 Å². The number of rotatable bonds is 4. The molecule has 18 heavy (non-hydrogen) atoms. The largest absolute Gasteiger partial charge is 0.493 e. The van der Waals surface area contributed by atoms with E-state index in [0.717, 1.165) is 31.6 Å². The summed E-state index contributed by atoms with van der Waals surface area (Å²) in [5.41, 5.74) is 1.21. The van der Waals surface area contributed by atoms with Crippen molar-refractivity contribution in [3.63, 3.8) is 0 Å². The lowest BCUT2D eigenvalue weighted by Gasteiger charge is -2.22. The number of ether oxygens (including phenoxy) is 1. The summed E-state index contributed by atoms with van der Waals surface area (Å²) in [5.74, 6) is 1.29. The average Bonchev–Trinajstić information content (AvgIpc) is 2.65. The van der Waals surface area contributed by atoms with Crippen LogP contribution in [0, 0.1) is 0 Å². The van der Waals surface area contributed by atoms with Gasteiger partial charge in [-0.15, -0.1) is 11.6 Å². The van der Waals surface area contributed by atoms with Gasteiger partial charge in [-0.2, -0.15) is 5.10 Å². The van der Waals surface area contributed by atoms with E-state index < -0.39 is 0 Å². The van der Waals surface area contributed by atoms with Gasteiger partial charge in [0.25, 0.3) is 0 Å². The molecule has 0 aliphatic heterocycles. The second kappa shape index (κ2) is 6.46. The first-order valence-corrected chi connectivity index (χ1v) is 7.45. The minimum absolute atomic E-state index is 0.216. The van der Waals surface area contributed by atoms with Crippen molar-refractivity contribution in [1.82, 2.24) is 9.78 Å². The molecule has 0 radical (unpaired) electrons. The second-order valence-electron chi connectivity index (χ2n) is 5.08. The molecule has 2 rings (SSSR count). The van der Waals surface area contributed by atoms with Crippen molar-refractivity contribution >= 4 is 11.6 Å². The van der Waals surface area contributed by atoms with Crippen LogP contribution in [0.4, 0.5) is 0 Å². The number of hydrogen-bond acceptors (Lipinski definition) is 2. The molecule has 102 valence electrons. The molecular formula is C14H23ClN2O. The van der Waals surface area contributed by atoms with E-state index in [-0.39, 0.29) is 5.38 Å². The van der Waals surface area contributed by atoms with Gasteiger partial charge in [0, 0.05) is 17.8 Å². The molecule has 0 amide bonds. The van der Waals surface area contributed by atoms with Crippen molar-refractivity contribution in [2.24, 2.45) is 0 Å². The number of hydrogen-bond donors (Lipinski definition) is 0. The van der Waals surface area contributed by atoms with Gasteiger partial charge < -0.3 is 4.74 Å². The normalized spacial score (nSPS) is 24.8. The molecule has 2 unspecified atom stereocenters. The first-order valence-electron chi connectivity index (χ1n) is 7.01. The standard InChI is InChI=1S/C14H23ClN2O/c1-3-9-17-14(13(18-2)10-16-17)11-7-5-4-6-8-12(11)15/h10-12H,3-9H2,1-2H3. The SMILES string of the molecule is CCCn1ncc(OC)c1C1CCCCCC1Cl. The van der Waals surface area contributed by atoms with E-state index >= 15 is 0 Å². The zero-order valence-electron chi connectivity index (χ0n) is 11.4. The van der Waals surface area contributed by atoms with E-state index in [1.54, 1.807) is 7.11 Å². The number of methoxy groups -OCH3 is 1. The molecule has 0 aromatic carbocycles. The Hall–Kier alpha value is -0.700. The maximum atomic E-state index is 6.58. The first kappa shape index (κ1) is 13.7. The molecule has 1 saturated carbocycles. The van der Waals surface area contributed by atoms with E-state index in [1.165, 1.54) is 25.0 Å². The summed E-state index contributed by atoms with van der Waals surface area (Å²) in [6, 6.07) is 0.